The molecule has 4 nitrogen and oxygen atoms in total. The van der Waals surface area contributed by atoms with Crippen molar-refractivity contribution in [2.75, 3.05) is 16.8 Å². The summed E-state index contributed by atoms with van der Waals surface area (Å²) in [5, 5.41) is 2.91. The van der Waals surface area contributed by atoms with Gasteiger partial charge in [0.25, 0.3) is 0 Å². The molecule has 1 N–H and O–H groups in total. The Morgan fingerprint density at radius 2 is 1.96 bits per heavy atom. The average Bonchev–Trinajstić information content (AvgIpc) is 2.94. The first-order valence-corrected chi connectivity index (χ1v) is 8.26. The molecular formula is C18H17BrN2O2. The summed E-state index contributed by atoms with van der Waals surface area (Å²) in [5.74, 6) is -0.450. The van der Waals surface area contributed by atoms with E-state index in [2.05, 4.69) is 21.2 Å². The van der Waals surface area contributed by atoms with Crippen LogP contribution < -0.4 is 10.2 Å². The first kappa shape index (κ1) is 15.7. The quantitative estimate of drug-likeness (QED) is 0.891. The second kappa shape index (κ2) is 6.54. The Labute approximate surface area is 143 Å². The highest BCUT2D eigenvalue weighted by Gasteiger charge is 2.35. The van der Waals surface area contributed by atoms with Crippen LogP contribution in [0, 0.1) is 12.8 Å². The Kier molecular flexibility index (Phi) is 4.48. The predicted octanol–water partition coefficient (Wildman–Crippen LogP) is 3.75. The van der Waals surface area contributed by atoms with Gasteiger partial charge in [0.2, 0.25) is 11.8 Å². The van der Waals surface area contributed by atoms with Crippen LogP contribution >= 0.6 is 15.9 Å². The van der Waals surface area contributed by atoms with Crippen molar-refractivity contribution in [1.29, 1.82) is 0 Å². The highest BCUT2D eigenvalue weighted by atomic mass is 79.9. The van der Waals surface area contributed by atoms with E-state index in [1.165, 1.54) is 0 Å². The van der Waals surface area contributed by atoms with Crippen LogP contribution in [0.3, 0.4) is 0 Å². The molecule has 0 aromatic heterocycles. The Hall–Kier alpha value is -2.14. The Morgan fingerprint density at radius 1 is 1.22 bits per heavy atom. The Morgan fingerprint density at radius 3 is 2.65 bits per heavy atom. The maximum absolute atomic E-state index is 12.4. The zero-order chi connectivity index (χ0) is 16.4. The van der Waals surface area contributed by atoms with Crippen molar-refractivity contribution in [3.05, 3.63) is 58.6 Å². The number of aryl methyl sites for hydroxylation is 1. The molecule has 2 aromatic carbocycles. The van der Waals surface area contributed by atoms with Crippen LogP contribution in [0.15, 0.2) is 53.0 Å². The maximum atomic E-state index is 12.4. The number of hydrogen-bond donors (Lipinski definition) is 1. The molecule has 0 bridgehead atoms. The van der Waals surface area contributed by atoms with Crippen LogP contribution in [0.2, 0.25) is 0 Å². The first-order valence-electron chi connectivity index (χ1n) is 7.47. The topological polar surface area (TPSA) is 49.4 Å². The molecule has 2 aromatic rings. The van der Waals surface area contributed by atoms with Gasteiger partial charge >= 0.3 is 0 Å². The monoisotopic (exact) mass is 372 g/mol. The Balaban J connectivity index is 1.69. The number of para-hydroxylation sites is 1. The van der Waals surface area contributed by atoms with Crippen molar-refractivity contribution in [2.24, 2.45) is 5.92 Å². The van der Waals surface area contributed by atoms with E-state index in [4.69, 9.17) is 0 Å². The van der Waals surface area contributed by atoms with Gasteiger partial charge < -0.3 is 10.2 Å². The molecule has 1 aliphatic rings. The minimum atomic E-state index is -0.327. The third kappa shape index (κ3) is 3.45. The molecule has 1 heterocycles. The van der Waals surface area contributed by atoms with E-state index in [1.54, 1.807) is 4.90 Å². The second-order valence-corrected chi connectivity index (χ2v) is 6.55. The number of carbonyl (C=O) groups excluding carboxylic acids is 2. The molecule has 3 rings (SSSR count). The SMILES string of the molecule is Cc1cc(NC(=O)[C@@H]2CC(=O)N(c3ccccc3)C2)ccc1Br. The van der Waals surface area contributed by atoms with Gasteiger partial charge in [-0.15, -0.1) is 0 Å². The summed E-state index contributed by atoms with van der Waals surface area (Å²) < 4.78 is 1.00. The summed E-state index contributed by atoms with van der Waals surface area (Å²) >= 11 is 3.44. The maximum Gasteiger partial charge on any atom is 0.229 e. The molecule has 23 heavy (non-hydrogen) atoms. The van der Waals surface area contributed by atoms with Gasteiger partial charge in [-0.1, -0.05) is 34.1 Å². The Bertz CT molecular complexity index is 746. The molecule has 1 fully saturated rings. The normalized spacial score (nSPS) is 17.4. The molecule has 1 aliphatic heterocycles. The summed E-state index contributed by atoms with van der Waals surface area (Å²) in [5.41, 5.74) is 2.64. The van der Waals surface area contributed by atoms with Gasteiger partial charge in [-0.3, -0.25) is 9.59 Å². The zero-order valence-corrected chi connectivity index (χ0v) is 14.3. The summed E-state index contributed by atoms with van der Waals surface area (Å²) in [4.78, 5) is 26.3. The minimum absolute atomic E-state index is 0.0108. The van der Waals surface area contributed by atoms with E-state index in [1.807, 2.05) is 55.5 Å². The van der Waals surface area contributed by atoms with Crippen molar-refractivity contribution in [1.82, 2.24) is 0 Å². The van der Waals surface area contributed by atoms with Crippen molar-refractivity contribution >= 4 is 39.1 Å². The lowest BCUT2D eigenvalue weighted by atomic mass is 10.1. The molecule has 0 radical (unpaired) electrons. The van der Waals surface area contributed by atoms with Crippen LogP contribution in [-0.4, -0.2) is 18.4 Å². The smallest absolute Gasteiger partial charge is 0.229 e. The van der Waals surface area contributed by atoms with Crippen LogP contribution in [0.5, 0.6) is 0 Å². The summed E-state index contributed by atoms with van der Waals surface area (Å²) in [6.07, 6.45) is 0.246. The number of halogens is 1. The van der Waals surface area contributed by atoms with Crippen LogP contribution in [0.1, 0.15) is 12.0 Å². The number of amides is 2. The van der Waals surface area contributed by atoms with Crippen molar-refractivity contribution in [2.45, 2.75) is 13.3 Å². The van der Waals surface area contributed by atoms with Crippen molar-refractivity contribution in [3.8, 4) is 0 Å². The number of carbonyl (C=O) groups is 2. The number of nitrogens with one attached hydrogen (secondary N) is 1. The number of rotatable bonds is 3. The second-order valence-electron chi connectivity index (χ2n) is 5.69. The fourth-order valence-electron chi connectivity index (χ4n) is 2.71. The molecule has 1 saturated heterocycles. The van der Waals surface area contributed by atoms with E-state index in [9.17, 15) is 9.59 Å². The zero-order valence-electron chi connectivity index (χ0n) is 12.8. The third-order valence-electron chi connectivity index (χ3n) is 3.99. The van der Waals surface area contributed by atoms with Gasteiger partial charge in [-0.05, 0) is 42.8 Å². The summed E-state index contributed by atoms with van der Waals surface area (Å²) in [6.45, 7) is 2.39. The van der Waals surface area contributed by atoms with Gasteiger partial charge in [0, 0.05) is 28.8 Å². The molecular weight excluding hydrogens is 356 g/mol. The lowest BCUT2D eigenvalue weighted by Gasteiger charge is -2.16. The molecule has 0 spiro atoms. The fourth-order valence-corrected chi connectivity index (χ4v) is 2.95. The van der Waals surface area contributed by atoms with Gasteiger partial charge in [-0.25, -0.2) is 0 Å². The lowest BCUT2D eigenvalue weighted by molar-refractivity contribution is -0.122. The number of benzene rings is 2. The molecule has 5 heteroatoms. The molecule has 118 valence electrons. The van der Waals surface area contributed by atoms with E-state index in [0.717, 1.165) is 21.4 Å². The molecule has 0 saturated carbocycles. The number of nitrogens with zero attached hydrogens (tertiary/aromatic N) is 1. The standard InChI is InChI=1S/C18H17BrN2O2/c1-12-9-14(7-8-16(12)19)20-18(23)13-10-17(22)21(11-13)15-5-3-2-4-6-15/h2-9,13H,10-11H2,1H3,(H,20,23)/t13-/m1/s1. The van der Waals surface area contributed by atoms with Gasteiger partial charge in [0.05, 0.1) is 5.92 Å². The van der Waals surface area contributed by atoms with Crippen molar-refractivity contribution in [3.63, 3.8) is 0 Å². The number of hydrogen-bond acceptors (Lipinski definition) is 2. The fraction of sp³-hybridized carbons (Fsp3) is 0.222. The third-order valence-corrected chi connectivity index (χ3v) is 4.88. The van der Waals surface area contributed by atoms with E-state index in [-0.39, 0.29) is 24.2 Å². The molecule has 0 aliphatic carbocycles. The first-order chi connectivity index (χ1) is 11.0. The molecule has 1 atom stereocenters. The highest BCUT2D eigenvalue weighted by Crippen LogP contribution is 2.26. The highest BCUT2D eigenvalue weighted by molar-refractivity contribution is 9.10. The van der Waals surface area contributed by atoms with Crippen molar-refractivity contribution < 1.29 is 9.59 Å². The van der Waals surface area contributed by atoms with Gasteiger partial charge in [0.1, 0.15) is 0 Å². The molecule has 0 unspecified atom stereocenters. The lowest BCUT2D eigenvalue weighted by Crippen LogP contribution is -2.28. The molecule has 2 amide bonds. The summed E-state index contributed by atoms with van der Waals surface area (Å²) in [7, 11) is 0. The van der Waals surface area contributed by atoms with Crippen LogP contribution in [0.25, 0.3) is 0 Å². The van der Waals surface area contributed by atoms with E-state index < -0.39 is 0 Å². The van der Waals surface area contributed by atoms with Gasteiger partial charge in [-0.2, -0.15) is 0 Å². The summed E-state index contributed by atoms with van der Waals surface area (Å²) in [6, 6.07) is 15.1. The number of anilines is 2. The predicted molar refractivity (Wildman–Crippen MR) is 94.4 cm³/mol. The van der Waals surface area contributed by atoms with Crippen LogP contribution in [0.4, 0.5) is 11.4 Å². The minimum Gasteiger partial charge on any atom is -0.326 e. The van der Waals surface area contributed by atoms with Gasteiger partial charge in [0.15, 0.2) is 0 Å². The van der Waals surface area contributed by atoms with E-state index in [0.29, 0.717) is 6.54 Å². The largest absolute Gasteiger partial charge is 0.326 e. The van der Waals surface area contributed by atoms with E-state index >= 15 is 0 Å². The van der Waals surface area contributed by atoms with Crippen LogP contribution in [-0.2, 0) is 9.59 Å². The average molecular weight is 373 g/mol.